The molecule has 0 aliphatic heterocycles. The van der Waals surface area contributed by atoms with E-state index in [1.165, 1.54) is 0 Å². The van der Waals surface area contributed by atoms with E-state index in [1.807, 2.05) is 0 Å². The molecular weight excluding hydrogens is 105 g/mol. The monoisotopic (exact) mass is 110 g/mol. The van der Waals surface area contributed by atoms with Crippen molar-refractivity contribution >= 4 is 15.4 Å². The van der Waals surface area contributed by atoms with Gasteiger partial charge in [-0.2, -0.15) is 0 Å². The lowest BCUT2D eigenvalue weighted by atomic mass is 10.9. The topological polar surface area (TPSA) is 9.23 Å². The summed E-state index contributed by atoms with van der Waals surface area (Å²) >= 11 is -3.67. The molecule has 0 atom stereocenters. The number of hydrogen-bond donors (Lipinski definition) is 0. The van der Waals surface area contributed by atoms with Gasteiger partial charge in [0.15, 0.2) is 0 Å². The van der Waals surface area contributed by atoms with Crippen molar-refractivity contribution in [3.8, 4) is 0 Å². The second-order valence-corrected chi connectivity index (χ2v) is 1.57. The SMILES string of the molecule is CC[O][Al]([F])[F]. The van der Waals surface area contributed by atoms with Crippen LogP contribution >= 0.6 is 0 Å². The highest BCUT2D eigenvalue weighted by Gasteiger charge is 2.24. The van der Waals surface area contributed by atoms with Gasteiger partial charge in [0.05, 0.1) is 0 Å². The number of hydrogen-bond acceptors (Lipinski definition) is 1. The molecular formula is C2H5AlF2O. The van der Waals surface area contributed by atoms with Crippen LogP contribution in [-0.4, -0.2) is 22.0 Å². The first-order valence-corrected chi connectivity index (χ1v) is 3.01. The quantitative estimate of drug-likeness (QED) is 0.481. The number of halogens is 2. The molecule has 1 nitrogen and oxygen atoms in total. The van der Waals surface area contributed by atoms with Crippen molar-refractivity contribution < 1.29 is 10.8 Å². The second kappa shape index (κ2) is 3.54. The third kappa shape index (κ3) is 4.35. The number of rotatable bonds is 2. The molecule has 0 fully saturated rings. The third-order valence-electron chi connectivity index (χ3n) is 0.293. The van der Waals surface area contributed by atoms with E-state index in [0.717, 1.165) is 0 Å². The Balaban J connectivity index is 2.63. The van der Waals surface area contributed by atoms with Crippen LogP contribution in [0.3, 0.4) is 0 Å². The molecule has 0 saturated carbocycles. The van der Waals surface area contributed by atoms with Crippen LogP contribution in [0.1, 0.15) is 6.92 Å². The van der Waals surface area contributed by atoms with Crippen LogP contribution in [0.5, 0.6) is 0 Å². The van der Waals surface area contributed by atoms with Crippen LogP contribution in [0.15, 0.2) is 0 Å². The molecule has 0 saturated heterocycles. The summed E-state index contributed by atoms with van der Waals surface area (Å²) in [6.07, 6.45) is 0. The summed E-state index contributed by atoms with van der Waals surface area (Å²) in [6.45, 7) is 1.70. The minimum absolute atomic E-state index is 0.143. The summed E-state index contributed by atoms with van der Waals surface area (Å²) in [5.41, 5.74) is 0. The Morgan fingerprint density at radius 2 is 2.17 bits per heavy atom. The summed E-state index contributed by atoms with van der Waals surface area (Å²) in [5, 5.41) is 0. The summed E-state index contributed by atoms with van der Waals surface area (Å²) in [7, 11) is 0. The fourth-order valence-corrected chi connectivity index (χ4v) is 0.378. The molecule has 0 N–H and O–H groups in total. The van der Waals surface area contributed by atoms with E-state index >= 15 is 0 Å². The van der Waals surface area contributed by atoms with E-state index in [2.05, 4.69) is 3.79 Å². The minimum Gasteiger partial charge on any atom is -0.449 e. The molecule has 6 heavy (non-hydrogen) atoms. The van der Waals surface area contributed by atoms with Gasteiger partial charge in [-0.25, -0.2) is 0 Å². The second-order valence-electron chi connectivity index (χ2n) is 0.716. The summed E-state index contributed by atoms with van der Waals surface area (Å²) in [5.74, 6) is 0. The minimum atomic E-state index is -3.67. The molecule has 0 aromatic carbocycles. The first kappa shape index (κ1) is 6.35. The molecule has 0 rings (SSSR count). The van der Waals surface area contributed by atoms with E-state index < -0.39 is 15.4 Å². The smallest absolute Gasteiger partial charge is 0.449 e. The maximum absolute atomic E-state index is 11.0. The highest BCUT2D eigenvalue weighted by molar-refractivity contribution is 6.34. The van der Waals surface area contributed by atoms with Gasteiger partial charge in [0.1, 0.15) is 0 Å². The van der Waals surface area contributed by atoms with E-state index in [1.54, 1.807) is 6.92 Å². The van der Waals surface area contributed by atoms with E-state index in [4.69, 9.17) is 0 Å². The Labute approximate surface area is 40.6 Å². The van der Waals surface area contributed by atoms with E-state index in [0.29, 0.717) is 0 Å². The molecule has 0 aromatic rings. The van der Waals surface area contributed by atoms with Gasteiger partial charge in [-0.3, -0.25) is 0 Å². The van der Waals surface area contributed by atoms with Gasteiger partial charge >= 0.3 is 15.4 Å². The molecule has 0 amide bonds. The molecule has 0 aliphatic carbocycles. The molecule has 0 heterocycles. The van der Waals surface area contributed by atoms with Gasteiger partial charge in [0.2, 0.25) is 0 Å². The van der Waals surface area contributed by atoms with Crippen LogP contribution in [0.25, 0.3) is 0 Å². The van der Waals surface area contributed by atoms with Crippen molar-refractivity contribution in [1.29, 1.82) is 0 Å². The van der Waals surface area contributed by atoms with Crippen LogP contribution < -0.4 is 0 Å². The van der Waals surface area contributed by atoms with Crippen molar-refractivity contribution in [2.75, 3.05) is 6.61 Å². The highest BCUT2D eigenvalue weighted by Crippen LogP contribution is 1.84. The summed E-state index contributed by atoms with van der Waals surface area (Å²) in [6, 6.07) is 0. The first-order valence-electron chi connectivity index (χ1n) is 1.67. The Morgan fingerprint density at radius 1 is 1.67 bits per heavy atom. The van der Waals surface area contributed by atoms with Gasteiger partial charge in [0, 0.05) is 6.61 Å². The molecule has 0 spiro atoms. The summed E-state index contributed by atoms with van der Waals surface area (Å²) < 4.78 is 25.8. The van der Waals surface area contributed by atoms with Crippen LogP contribution in [-0.2, 0) is 3.79 Å². The predicted molar refractivity (Wildman–Crippen MR) is 19.6 cm³/mol. The lowest BCUT2D eigenvalue weighted by Crippen LogP contribution is -2.02. The molecule has 0 radical (unpaired) electrons. The van der Waals surface area contributed by atoms with Crippen molar-refractivity contribution in [3.63, 3.8) is 0 Å². The fourth-order valence-electron chi connectivity index (χ4n) is 0.126. The average molecular weight is 110 g/mol. The lowest BCUT2D eigenvalue weighted by molar-refractivity contribution is 0.272. The van der Waals surface area contributed by atoms with E-state index in [-0.39, 0.29) is 6.61 Å². The van der Waals surface area contributed by atoms with Crippen molar-refractivity contribution in [2.45, 2.75) is 6.92 Å². The average Bonchev–Trinajstić information content (AvgIpc) is 1.35. The van der Waals surface area contributed by atoms with Crippen molar-refractivity contribution in [3.05, 3.63) is 0 Å². The normalized spacial score (nSPS) is 8.50. The van der Waals surface area contributed by atoms with Gasteiger partial charge in [-0.05, 0) is 6.92 Å². The maximum atomic E-state index is 11.0. The first-order chi connectivity index (χ1) is 2.77. The molecule has 4 heteroatoms. The van der Waals surface area contributed by atoms with Gasteiger partial charge in [-0.15, -0.1) is 0 Å². The Bertz CT molecular complexity index is 32.7. The fraction of sp³-hybridized carbons (Fsp3) is 1.00. The molecule has 0 aliphatic rings. The van der Waals surface area contributed by atoms with Crippen LogP contribution in [0.4, 0.5) is 7.05 Å². The molecule has 0 aromatic heterocycles. The van der Waals surface area contributed by atoms with Crippen LogP contribution in [0, 0.1) is 0 Å². The maximum Gasteiger partial charge on any atom is 0.994 e. The molecule has 0 bridgehead atoms. The van der Waals surface area contributed by atoms with Gasteiger partial charge in [0.25, 0.3) is 0 Å². The lowest BCUT2D eigenvalue weighted by Gasteiger charge is -1.86. The summed E-state index contributed by atoms with van der Waals surface area (Å²) in [4.78, 5) is 0. The standard InChI is InChI=1S/C2H5O.Al.2FH/c1-2-3;;;/h2H2,1H3;;2*1H/q-1;+3;;/p-2. The largest absolute Gasteiger partial charge is 0.994 e. The highest BCUT2D eigenvalue weighted by atomic mass is 27.3. The zero-order valence-corrected chi connectivity index (χ0v) is 4.60. The molecule has 0 unspecified atom stereocenters. The Morgan fingerprint density at radius 3 is 2.17 bits per heavy atom. The van der Waals surface area contributed by atoms with Gasteiger partial charge in [-0.1, -0.05) is 0 Å². The van der Waals surface area contributed by atoms with Crippen molar-refractivity contribution in [2.24, 2.45) is 0 Å². The Kier molecular flexibility index (Phi) is 3.75. The third-order valence-corrected chi connectivity index (χ3v) is 0.878. The van der Waals surface area contributed by atoms with Crippen LogP contribution in [0.2, 0.25) is 0 Å². The van der Waals surface area contributed by atoms with Gasteiger partial charge < -0.3 is 10.8 Å². The predicted octanol–water partition coefficient (Wildman–Crippen LogP) is 0.947. The Hall–Kier alpha value is 0.352. The van der Waals surface area contributed by atoms with Crippen molar-refractivity contribution in [1.82, 2.24) is 0 Å². The molecule has 36 valence electrons. The van der Waals surface area contributed by atoms with E-state index in [9.17, 15) is 7.05 Å². The zero-order valence-electron chi connectivity index (χ0n) is 3.45. The zero-order chi connectivity index (χ0) is 4.99.